The summed E-state index contributed by atoms with van der Waals surface area (Å²) in [4.78, 5) is 13.9. The molecule has 0 fully saturated rings. The SMILES string of the molecule is O=C(NNS(=O)(=O)c1ccccc1Br)c1ccccc1Cl. The molecule has 0 saturated carbocycles. The average Bonchev–Trinajstić information content (AvgIpc) is 2.45. The van der Waals surface area contributed by atoms with Gasteiger partial charge in [-0.1, -0.05) is 35.9 Å². The van der Waals surface area contributed by atoms with Crippen molar-refractivity contribution in [3.8, 4) is 0 Å². The fourth-order valence-electron chi connectivity index (χ4n) is 1.54. The van der Waals surface area contributed by atoms with Gasteiger partial charge in [0.15, 0.2) is 0 Å². The molecule has 1 amide bonds. The first-order chi connectivity index (χ1) is 9.92. The lowest BCUT2D eigenvalue weighted by Gasteiger charge is -2.10. The highest BCUT2D eigenvalue weighted by Crippen LogP contribution is 2.20. The molecule has 0 aromatic heterocycles. The van der Waals surface area contributed by atoms with Gasteiger partial charge in [-0.25, -0.2) is 8.42 Å². The van der Waals surface area contributed by atoms with Gasteiger partial charge in [0, 0.05) is 4.47 Å². The van der Waals surface area contributed by atoms with Crippen LogP contribution in [0.2, 0.25) is 5.02 Å². The van der Waals surface area contributed by atoms with E-state index in [0.717, 1.165) is 0 Å². The van der Waals surface area contributed by atoms with Gasteiger partial charge in [-0.15, -0.1) is 4.83 Å². The van der Waals surface area contributed by atoms with Crippen LogP contribution in [0.5, 0.6) is 0 Å². The summed E-state index contributed by atoms with van der Waals surface area (Å²) < 4.78 is 24.6. The van der Waals surface area contributed by atoms with Crippen molar-refractivity contribution in [3.05, 3.63) is 63.6 Å². The van der Waals surface area contributed by atoms with Gasteiger partial charge < -0.3 is 0 Å². The largest absolute Gasteiger partial charge is 0.273 e. The molecule has 0 bridgehead atoms. The Labute approximate surface area is 135 Å². The van der Waals surface area contributed by atoms with Crippen molar-refractivity contribution in [2.24, 2.45) is 0 Å². The van der Waals surface area contributed by atoms with Gasteiger partial charge in [-0.05, 0) is 40.2 Å². The van der Waals surface area contributed by atoms with Gasteiger partial charge in [-0.2, -0.15) is 0 Å². The molecule has 0 aliphatic heterocycles. The molecular weight excluding hydrogens is 380 g/mol. The molecule has 110 valence electrons. The number of nitrogens with one attached hydrogen (secondary N) is 2. The highest BCUT2D eigenvalue weighted by atomic mass is 79.9. The topological polar surface area (TPSA) is 75.3 Å². The van der Waals surface area contributed by atoms with Crippen molar-refractivity contribution in [1.29, 1.82) is 0 Å². The number of hydrogen-bond donors (Lipinski definition) is 2. The smallest absolute Gasteiger partial charge is 0.267 e. The van der Waals surface area contributed by atoms with Crippen LogP contribution in [0.25, 0.3) is 0 Å². The minimum Gasteiger partial charge on any atom is -0.273 e. The van der Waals surface area contributed by atoms with Gasteiger partial charge in [0.05, 0.1) is 15.5 Å². The maximum Gasteiger partial charge on any atom is 0.267 e. The van der Waals surface area contributed by atoms with Crippen LogP contribution in [0.4, 0.5) is 0 Å². The third-order valence-electron chi connectivity index (χ3n) is 2.54. The number of carbonyl (C=O) groups excluding carboxylic acids is 1. The minimum atomic E-state index is -3.88. The number of rotatable bonds is 4. The summed E-state index contributed by atoms with van der Waals surface area (Å²) in [5, 5.41) is 0.232. The zero-order valence-corrected chi connectivity index (χ0v) is 13.7. The summed E-state index contributed by atoms with van der Waals surface area (Å²) in [5.74, 6) is -0.642. The fourth-order valence-corrected chi connectivity index (χ4v) is 3.61. The van der Waals surface area contributed by atoms with E-state index < -0.39 is 15.9 Å². The lowest BCUT2D eigenvalue weighted by molar-refractivity contribution is 0.0945. The number of benzene rings is 2. The monoisotopic (exact) mass is 388 g/mol. The summed E-state index contributed by atoms with van der Waals surface area (Å²) >= 11 is 9.01. The zero-order chi connectivity index (χ0) is 15.5. The predicted molar refractivity (Wildman–Crippen MR) is 83.4 cm³/mol. The first-order valence-electron chi connectivity index (χ1n) is 5.73. The molecule has 2 rings (SSSR count). The van der Waals surface area contributed by atoms with Gasteiger partial charge >= 0.3 is 0 Å². The van der Waals surface area contributed by atoms with Crippen molar-refractivity contribution in [2.75, 3.05) is 0 Å². The number of hydrogen-bond acceptors (Lipinski definition) is 3. The van der Waals surface area contributed by atoms with Gasteiger partial charge in [0.1, 0.15) is 0 Å². The first kappa shape index (κ1) is 16.0. The van der Waals surface area contributed by atoms with Gasteiger partial charge in [0.25, 0.3) is 15.9 Å². The van der Waals surface area contributed by atoms with Crippen LogP contribution in [-0.2, 0) is 10.0 Å². The molecular formula is C13H10BrClN2O3S. The molecule has 0 aliphatic carbocycles. The Morgan fingerprint density at radius 2 is 1.67 bits per heavy atom. The van der Waals surface area contributed by atoms with Crippen molar-refractivity contribution in [2.45, 2.75) is 4.90 Å². The Hall–Kier alpha value is -1.41. The third-order valence-corrected chi connectivity index (χ3v) is 5.13. The molecule has 0 radical (unpaired) electrons. The number of hydrazine groups is 1. The second-order valence-corrected chi connectivity index (χ2v) is 6.88. The van der Waals surface area contributed by atoms with Crippen LogP contribution in [0.15, 0.2) is 57.9 Å². The van der Waals surface area contributed by atoms with E-state index >= 15 is 0 Å². The Morgan fingerprint density at radius 3 is 2.33 bits per heavy atom. The standard InChI is InChI=1S/C13H10BrClN2O3S/c14-10-6-2-4-8-12(10)21(19,20)17-16-13(18)9-5-1-3-7-11(9)15/h1-8,17H,(H,16,18). The molecule has 0 atom stereocenters. The second kappa shape index (κ2) is 6.57. The van der Waals surface area contributed by atoms with Crippen LogP contribution in [0, 0.1) is 0 Å². The van der Waals surface area contributed by atoms with Gasteiger partial charge in [-0.3, -0.25) is 10.2 Å². The van der Waals surface area contributed by atoms with Crippen LogP contribution < -0.4 is 10.3 Å². The quantitative estimate of drug-likeness (QED) is 0.790. The molecule has 0 aliphatic rings. The molecule has 2 N–H and O–H groups in total. The molecule has 0 saturated heterocycles. The maximum atomic E-state index is 12.1. The molecule has 0 unspecified atom stereocenters. The highest BCUT2D eigenvalue weighted by molar-refractivity contribution is 9.10. The van der Waals surface area contributed by atoms with Crippen molar-refractivity contribution < 1.29 is 13.2 Å². The molecule has 5 nitrogen and oxygen atoms in total. The lowest BCUT2D eigenvalue weighted by Crippen LogP contribution is -2.41. The Balaban J connectivity index is 2.15. The van der Waals surface area contributed by atoms with E-state index in [4.69, 9.17) is 11.6 Å². The van der Waals surface area contributed by atoms with Crippen LogP contribution in [0.1, 0.15) is 10.4 Å². The fraction of sp³-hybridized carbons (Fsp3) is 0. The summed E-state index contributed by atoms with van der Waals surface area (Å²) in [6.07, 6.45) is 0. The lowest BCUT2D eigenvalue weighted by atomic mass is 10.2. The Kier molecular flexibility index (Phi) is 5.00. The Bertz CT molecular complexity index is 780. The van der Waals surface area contributed by atoms with E-state index in [1.807, 2.05) is 4.83 Å². The van der Waals surface area contributed by atoms with E-state index in [1.165, 1.54) is 12.1 Å². The molecule has 8 heteroatoms. The average molecular weight is 390 g/mol. The summed E-state index contributed by atoms with van der Waals surface area (Å²) in [6.45, 7) is 0. The second-order valence-electron chi connectivity index (χ2n) is 3.97. The minimum absolute atomic E-state index is 0.0180. The van der Waals surface area contributed by atoms with E-state index in [2.05, 4.69) is 21.4 Å². The molecule has 2 aromatic rings. The Morgan fingerprint density at radius 1 is 1.05 bits per heavy atom. The summed E-state index contributed by atoms with van der Waals surface area (Å²) in [5.41, 5.74) is 2.30. The zero-order valence-electron chi connectivity index (χ0n) is 10.5. The van der Waals surface area contributed by atoms with Crippen molar-refractivity contribution >= 4 is 43.5 Å². The van der Waals surface area contributed by atoms with E-state index in [9.17, 15) is 13.2 Å². The van der Waals surface area contributed by atoms with E-state index in [-0.39, 0.29) is 15.5 Å². The highest BCUT2D eigenvalue weighted by Gasteiger charge is 2.18. The number of sulfonamides is 1. The molecule has 2 aromatic carbocycles. The summed E-state index contributed by atoms with van der Waals surface area (Å²) in [7, 11) is -3.88. The van der Waals surface area contributed by atoms with Gasteiger partial charge in [0.2, 0.25) is 0 Å². The van der Waals surface area contributed by atoms with Crippen LogP contribution in [-0.4, -0.2) is 14.3 Å². The van der Waals surface area contributed by atoms with E-state index in [0.29, 0.717) is 4.47 Å². The normalized spacial score (nSPS) is 11.1. The maximum absolute atomic E-state index is 12.1. The molecule has 0 spiro atoms. The van der Waals surface area contributed by atoms with Crippen molar-refractivity contribution in [1.82, 2.24) is 10.3 Å². The number of halogens is 2. The number of amides is 1. The molecule has 21 heavy (non-hydrogen) atoms. The predicted octanol–water partition coefficient (Wildman–Crippen LogP) is 2.73. The molecule has 0 heterocycles. The van der Waals surface area contributed by atoms with Crippen molar-refractivity contribution in [3.63, 3.8) is 0 Å². The number of carbonyl (C=O) groups is 1. The first-order valence-corrected chi connectivity index (χ1v) is 8.38. The van der Waals surface area contributed by atoms with Crippen LogP contribution >= 0.6 is 27.5 Å². The summed E-state index contributed by atoms with van der Waals surface area (Å²) in [6, 6.07) is 12.6. The van der Waals surface area contributed by atoms with Crippen LogP contribution in [0.3, 0.4) is 0 Å². The third kappa shape index (κ3) is 3.82. The van der Waals surface area contributed by atoms with E-state index in [1.54, 1.807) is 36.4 Å².